The summed E-state index contributed by atoms with van der Waals surface area (Å²) in [6, 6.07) is 4.56. The lowest BCUT2D eigenvalue weighted by molar-refractivity contribution is 0.152. The number of aliphatic hydroxyl groups excluding tert-OH is 1. The molecule has 0 radical (unpaired) electrons. The molecule has 1 aliphatic rings. The second kappa shape index (κ2) is 3.53. The minimum Gasteiger partial charge on any atom is -0.388 e. The Morgan fingerprint density at radius 2 is 2.15 bits per heavy atom. The second-order valence-corrected chi connectivity index (χ2v) is 4.61. The van der Waals surface area contributed by atoms with Crippen molar-refractivity contribution in [1.82, 2.24) is 0 Å². The largest absolute Gasteiger partial charge is 0.388 e. The van der Waals surface area contributed by atoms with Crippen molar-refractivity contribution < 1.29 is 9.50 Å². The van der Waals surface area contributed by atoms with Crippen LogP contribution in [0.5, 0.6) is 0 Å². The first-order valence-corrected chi connectivity index (χ1v) is 5.39. The Kier molecular flexibility index (Phi) is 2.55. The maximum absolute atomic E-state index is 12.9. The predicted molar refractivity (Wildman–Crippen MR) is 56.8 cm³/mol. The lowest BCUT2D eigenvalue weighted by atomic mass is 10.1. The van der Waals surface area contributed by atoms with Crippen molar-refractivity contribution in [1.29, 1.82) is 0 Å². The zero-order chi connectivity index (χ0) is 9.42. The molecule has 0 heterocycles. The van der Waals surface area contributed by atoms with Gasteiger partial charge in [0.05, 0.1) is 6.10 Å². The van der Waals surface area contributed by atoms with E-state index >= 15 is 0 Å². The van der Waals surface area contributed by atoms with Gasteiger partial charge in [0.2, 0.25) is 0 Å². The molecule has 1 fully saturated rings. The van der Waals surface area contributed by atoms with Crippen LogP contribution >= 0.6 is 22.6 Å². The topological polar surface area (TPSA) is 20.2 Å². The monoisotopic (exact) mass is 292 g/mol. The van der Waals surface area contributed by atoms with Crippen LogP contribution in [0.4, 0.5) is 4.39 Å². The molecule has 1 aromatic rings. The molecule has 0 spiro atoms. The average molecular weight is 292 g/mol. The highest BCUT2D eigenvalue weighted by atomic mass is 127. The average Bonchev–Trinajstić information content (AvgIpc) is 2.91. The molecular weight excluding hydrogens is 282 g/mol. The van der Waals surface area contributed by atoms with E-state index in [1.165, 1.54) is 12.1 Å². The third-order valence-electron chi connectivity index (χ3n) is 2.35. The van der Waals surface area contributed by atoms with E-state index in [0.717, 1.165) is 22.0 Å². The van der Waals surface area contributed by atoms with Crippen molar-refractivity contribution in [3.63, 3.8) is 0 Å². The molecule has 70 valence electrons. The third-order valence-corrected chi connectivity index (χ3v) is 3.33. The van der Waals surface area contributed by atoms with Crippen molar-refractivity contribution in [2.24, 2.45) is 5.92 Å². The standard InChI is InChI=1S/C10H10FIO/c11-7-3-4-9(12)8(5-7)10(13)6-1-2-6/h3-6,10,13H,1-2H2. The summed E-state index contributed by atoms with van der Waals surface area (Å²) in [6.07, 6.45) is 1.66. The molecule has 1 aliphatic carbocycles. The van der Waals surface area contributed by atoms with Gasteiger partial charge in [-0.05, 0) is 65.1 Å². The molecule has 0 saturated heterocycles. The van der Waals surface area contributed by atoms with Crippen LogP contribution in [0.15, 0.2) is 18.2 Å². The molecular formula is C10H10FIO. The van der Waals surface area contributed by atoms with Crippen LogP contribution in [-0.2, 0) is 0 Å². The van der Waals surface area contributed by atoms with Gasteiger partial charge in [0.25, 0.3) is 0 Å². The summed E-state index contributed by atoms with van der Waals surface area (Å²) in [6.45, 7) is 0. The van der Waals surface area contributed by atoms with Gasteiger partial charge in [0.15, 0.2) is 0 Å². The molecule has 13 heavy (non-hydrogen) atoms. The smallest absolute Gasteiger partial charge is 0.123 e. The fourth-order valence-electron chi connectivity index (χ4n) is 1.41. The summed E-state index contributed by atoms with van der Waals surface area (Å²) in [7, 11) is 0. The summed E-state index contributed by atoms with van der Waals surface area (Å²) in [5.41, 5.74) is 0.739. The van der Waals surface area contributed by atoms with Gasteiger partial charge in [-0.1, -0.05) is 0 Å². The minimum atomic E-state index is -0.470. The fraction of sp³-hybridized carbons (Fsp3) is 0.400. The highest BCUT2D eigenvalue weighted by molar-refractivity contribution is 14.1. The van der Waals surface area contributed by atoms with E-state index in [1.807, 2.05) is 0 Å². The highest BCUT2D eigenvalue weighted by Crippen LogP contribution is 2.42. The molecule has 1 unspecified atom stereocenters. The molecule has 1 saturated carbocycles. The Hall–Kier alpha value is -0.160. The minimum absolute atomic E-state index is 0.268. The van der Waals surface area contributed by atoms with Gasteiger partial charge < -0.3 is 5.11 Å². The molecule has 0 aliphatic heterocycles. The van der Waals surface area contributed by atoms with Crippen molar-refractivity contribution in [3.8, 4) is 0 Å². The van der Waals surface area contributed by atoms with Gasteiger partial charge in [-0.3, -0.25) is 0 Å². The van der Waals surface area contributed by atoms with Crippen LogP contribution in [0.2, 0.25) is 0 Å². The van der Waals surface area contributed by atoms with Gasteiger partial charge in [0.1, 0.15) is 5.82 Å². The first-order chi connectivity index (χ1) is 6.18. The number of hydrogen-bond donors (Lipinski definition) is 1. The maximum Gasteiger partial charge on any atom is 0.123 e. The van der Waals surface area contributed by atoms with Crippen LogP contribution in [-0.4, -0.2) is 5.11 Å². The number of hydrogen-bond acceptors (Lipinski definition) is 1. The quantitative estimate of drug-likeness (QED) is 0.831. The van der Waals surface area contributed by atoms with Gasteiger partial charge >= 0.3 is 0 Å². The van der Waals surface area contributed by atoms with Crippen LogP contribution in [0.3, 0.4) is 0 Å². The molecule has 2 rings (SSSR count). The van der Waals surface area contributed by atoms with Crippen molar-refractivity contribution in [2.45, 2.75) is 18.9 Å². The Morgan fingerprint density at radius 3 is 2.77 bits per heavy atom. The molecule has 1 N–H and O–H groups in total. The first-order valence-electron chi connectivity index (χ1n) is 4.31. The SMILES string of the molecule is OC(c1cc(F)ccc1I)C1CC1. The molecule has 0 amide bonds. The highest BCUT2D eigenvalue weighted by Gasteiger charge is 2.31. The lowest BCUT2D eigenvalue weighted by Gasteiger charge is -2.11. The maximum atomic E-state index is 12.9. The van der Waals surface area contributed by atoms with Gasteiger partial charge in [-0.15, -0.1) is 0 Å². The number of rotatable bonds is 2. The molecule has 1 aromatic carbocycles. The van der Waals surface area contributed by atoms with Crippen LogP contribution in [0, 0.1) is 15.3 Å². The van der Waals surface area contributed by atoms with E-state index in [4.69, 9.17) is 0 Å². The first kappa shape index (κ1) is 9.40. The Balaban J connectivity index is 2.31. The summed E-state index contributed by atoms with van der Waals surface area (Å²) in [5.74, 6) is 0.0884. The lowest BCUT2D eigenvalue weighted by Crippen LogP contribution is -2.02. The summed E-state index contributed by atoms with van der Waals surface area (Å²) in [4.78, 5) is 0. The summed E-state index contributed by atoms with van der Waals surface area (Å²) < 4.78 is 13.8. The van der Waals surface area contributed by atoms with Gasteiger partial charge in [-0.2, -0.15) is 0 Å². The van der Waals surface area contributed by atoms with Gasteiger partial charge in [-0.25, -0.2) is 4.39 Å². The fourth-order valence-corrected chi connectivity index (χ4v) is 2.06. The molecule has 1 atom stereocenters. The number of aliphatic hydroxyl groups is 1. The van der Waals surface area contributed by atoms with Crippen LogP contribution in [0.1, 0.15) is 24.5 Å². The Morgan fingerprint density at radius 1 is 1.46 bits per heavy atom. The molecule has 0 aromatic heterocycles. The summed E-state index contributed by atoms with van der Waals surface area (Å²) in [5, 5.41) is 9.79. The van der Waals surface area contributed by atoms with E-state index in [9.17, 15) is 9.50 Å². The number of benzene rings is 1. The van der Waals surface area contributed by atoms with Crippen molar-refractivity contribution in [2.75, 3.05) is 0 Å². The number of halogens is 2. The Labute approximate surface area is 90.1 Å². The second-order valence-electron chi connectivity index (χ2n) is 3.45. The third kappa shape index (κ3) is 2.02. The van der Waals surface area contributed by atoms with E-state index < -0.39 is 6.10 Å². The van der Waals surface area contributed by atoms with E-state index in [2.05, 4.69) is 22.6 Å². The van der Waals surface area contributed by atoms with Gasteiger partial charge in [0, 0.05) is 3.57 Å². The normalized spacial score (nSPS) is 18.7. The molecule has 0 bridgehead atoms. The van der Waals surface area contributed by atoms with E-state index in [0.29, 0.717) is 5.92 Å². The van der Waals surface area contributed by atoms with Crippen LogP contribution in [0.25, 0.3) is 0 Å². The molecule has 1 nitrogen and oxygen atoms in total. The van der Waals surface area contributed by atoms with Crippen molar-refractivity contribution >= 4 is 22.6 Å². The predicted octanol–water partition coefficient (Wildman–Crippen LogP) is 2.87. The zero-order valence-electron chi connectivity index (χ0n) is 7.00. The Bertz CT molecular complexity index is 323. The van der Waals surface area contributed by atoms with E-state index in [1.54, 1.807) is 6.07 Å². The molecule has 3 heteroatoms. The zero-order valence-corrected chi connectivity index (χ0v) is 9.16. The van der Waals surface area contributed by atoms with E-state index in [-0.39, 0.29) is 5.82 Å². The van der Waals surface area contributed by atoms with Crippen LogP contribution < -0.4 is 0 Å². The summed E-state index contributed by atoms with van der Waals surface area (Å²) >= 11 is 2.13. The van der Waals surface area contributed by atoms with Crippen molar-refractivity contribution in [3.05, 3.63) is 33.1 Å².